The van der Waals surface area contributed by atoms with Gasteiger partial charge in [-0.1, -0.05) is 36.4 Å². The van der Waals surface area contributed by atoms with Crippen LogP contribution in [-0.4, -0.2) is 23.3 Å². The number of hydrogen-bond donors (Lipinski definition) is 2. The Morgan fingerprint density at radius 3 is 2.59 bits per heavy atom. The molecule has 1 spiro atoms. The summed E-state index contributed by atoms with van der Waals surface area (Å²) < 4.78 is 5.30. The molecule has 4 rings (SSSR count). The molecule has 0 aromatic heterocycles. The molecule has 2 aliphatic rings. The van der Waals surface area contributed by atoms with Gasteiger partial charge in [0, 0.05) is 0 Å². The van der Waals surface area contributed by atoms with Crippen molar-refractivity contribution in [3.8, 4) is 0 Å². The van der Waals surface area contributed by atoms with Crippen LogP contribution < -0.4 is 15.8 Å². The molecule has 0 unspecified atom stereocenters. The molecule has 7 heteroatoms. The quantitative estimate of drug-likeness (QED) is 0.613. The topological polar surface area (TPSA) is 87.7 Å². The summed E-state index contributed by atoms with van der Waals surface area (Å²) in [5, 5.41) is 0. The van der Waals surface area contributed by atoms with Crippen molar-refractivity contribution in [2.45, 2.75) is 32.4 Å². The van der Waals surface area contributed by atoms with Gasteiger partial charge in [-0.2, -0.15) is 0 Å². The average molecular weight is 391 g/mol. The Labute approximate surface area is 168 Å². The molecular weight excluding hydrogens is 370 g/mol. The van der Waals surface area contributed by atoms with Gasteiger partial charge in [-0.05, 0) is 48.7 Å². The molecule has 1 atom stereocenters. The van der Waals surface area contributed by atoms with Gasteiger partial charge in [0.25, 0.3) is 5.91 Å². The van der Waals surface area contributed by atoms with Crippen molar-refractivity contribution < 1.29 is 19.1 Å². The van der Waals surface area contributed by atoms with Crippen LogP contribution in [0.2, 0.25) is 0 Å². The lowest BCUT2D eigenvalue weighted by atomic mass is 9.98. The number of amides is 2. The van der Waals surface area contributed by atoms with E-state index in [0.717, 1.165) is 21.6 Å². The maximum atomic E-state index is 13.1. The molecule has 2 heterocycles. The number of esters is 1. The van der Waals surface area contributed by atoms with E-state index in [1.165, 1.54) is 6.08 Å². The van der Waals surface area contributed by atoms with Crippen LogP contribution in [0.4, 0.5) is 5.69 Å². The van der Waals surface area contributed by atoms with E-state index in [9.17, 15) is 14.4 Å². The smallest absolute Gasteiger partial charge is 0.355 e. The highest BCUT2D eigenvalue weighted by Gasteiger charge is 2.54. The third kappa shape index (κ3) is 3.40. The fourth-order valence-electron chi connectivity index (χ4n) is 3.45. The molecule has 0 radical (unpaired) electrons. The summed E-state index contributed by atoms with van der Waals surface area (Å²) in [6.07, 6.45) is 1.36. The second-order valence-electron chi connectivity index (χ2n) is 7.32. The number of benzene rings is 2. The first kappa shape index (κ1) is 18.9. The van der Waals surface area contributed by atoms with E-state index in [2.05, 4.69) is 10.9 Å². The van der Waals surface area contributed by atoms with Gasteiger partial charge in [-0.15, -0.1) is 0 Å². The number of anilines is 1. The Bertz CT molecular complexity index is 1030. The molecular formula is C22H21N3O4. The van der Waals surface area contributed by atoms with Gasteiger partial charge in [0.15, 0.2) is 0 Å². The highest BCUT2D eigenvalue weighted by Crippen LogP contribution is 2.33. The largest absolute Gasteiger partial charge is 0.456 e. The molecule has 1 fully saturated rings. The molecule has 2 aromatic rings. The zero-order valence-corrected chi connectivity index (χ0v) is 16.2. The van der Waals surface area contributed by atoms with Crippen LogP contribution in [-0.2, 0) is 25.7 Å². The zero-order chi connectivity index (χ0) is 20.6. The Hall–Kier alpha value is -3.45. The molecule has 0 saturated carbocycles. The lowest BCUT2D eigenvalue weighted by Gasteiger charge is -2.20. The first-order valence-corrected chi connectivity index (χ1v) is 9.31. The van der Waals surface area contributed by atoms with Crippen molar-refractivity contribution in [2.24, 2.45) is 0 Å². The van der Waals surface area contributed by atoms with Crippen molar-refractivity contribution in [1.29, 1.82) is 0 Å². The van der Waals surface area contributed by atoms with E-state index >= 15 is 0 Å². The maximum Gasteiger partial charge on any atom is 0.355 e. The fourth-order valence-corrected chi connectivity index (χ4v) is 3.45. The molecule has 2 aliphatic heterocycles. The number of nitrogens with zero attached hydrogens (tertiary/aromatic N) is 1. The van der Waals surface area contributed by atoms with Crippen molar-refractivity contribution in [2.75, 3.05) is 4.90 Å². The monoisotopic (exact) mass is 391 g/mol. The van der Waals surface area contributed by atoms with Gasteiger partial charge < -0.3 is 10.2 Å². The zero-order valence-electron chi connectivity index (χ0n) is 16.2. The summed E-state index contributed by atoms with van der Waals surface area (Å²) in [7, 11) is 0. The number of carbonyl (C=O) groups excluding carboxylic acids is 3. The minimum Gasteiger partial charge on any atom is -0.456 e. The number of ether oxygens (including phenoxy) is 1. The minimum atomic E-state index is -1.29. The van der Waals surface area contributed by atoms with Crippen LogP contribution in [0, 0.1) is 13.8 Å². The number of carbonyl (C=O) groups is 3. The van der Waals surface area contributed by atoms with Crippen LogP contribution in [0.25, 0.3) is 0 Å². The van der Waals surface area contributed by atoms with Crippen molar-refractivity contribution in [1.82, 2.24) is 10.9 Å². The number of hydrogen-bond acceptors (Lipinski definition) is 6. The van der Waals surface area contributed by atoms with Crippen LogP contribution in [0.1, 0.15) is 23.1 Å². The van der Waals surface area contributed by atoms with Crippen molar-refractivity contribution in [3.63, 3.8) is 0 Å². The summed E-state index contributed by atoms with van der Waals surface area (Å²) in [6, 6.07) is 14.7. The molecule has 1 saturated heterocycles. The number of imide groups is 1. The van der Waals surface area contributed by atoms with Gasteiger partial charge >= 0.3 is 5.97 Å². The first-order valence-electron chi connectivity index (χ1n) is 9.31. The molecule has 2 aromatic carbocycles. The predicted octanol–water partition coefficient (Wildman–Crippen LogP) is 2.04. The summed E-state index contributed by atoms with van der Waals surface area (Å²) in [5.41, 5.74) is 7.78. The molecule has 29 heavy (non-hydrogen) atoms. The van der Waals surface area contributed by atoms with Gasteiger partial charge in [0.1, 0.15) is 17.8 Å². The van der Waals surface area contributed by atoms with Gasteiger partial charge in [-0.3, -0.25) is 9.59 Å². The van der Waals surface area contributed by atoms with Crippen LogP contribution in [0.15, 0.2) is 60.3 Å². The normalized spacial score (nSPS) is 20.8. The van der Waals surface area contributed by atoms with E-state index < -0.39 is 17.4 Å². The minimum absolute atomic E-state index is 0.0821. The third-order valence-electron chi connectivity index (χ3n) is 5.26. The van der Waals surface area contributed by atoms with E-state index in [1.807, 2.05) is 56.3 Å². The van der Waals surface area contributed by atoms with Crippen LogP contribution in [0.5, 0.6) is 0 Å². The molecule has 2 N–H and O–H groups in total. The standard InChI is InChI=1S/C22H21N3O4/c1-14-8-9-17(10-15(14)2)25-19(26)12-22(21(25)28)11-18(23-24-22)20(27)29-13-16-6-4-3-5-7-16/h3-11,23-24H,12-13H2,1-2H3/t22-/m1/s1. The third-order valence-corrected chi connectivity index (χ3v) is 5.26. The predicted molar refractivity (Wildman–Crippen MR) is 106 cm³/mol. The van der Waals surface area contributed by atoms with Crippen LogP contribution in [0.3, 0.4) is 0 Å². The molecule has 7 nitrogen and oxygen atoms in total. The molecule has 2 amide bonds. The number of hydrazine groups is 1. The summed E-state index contributed by atoms with van der Waals surface area (Å²) in [4.78, 5) is 39.3. The second-order valence-corrected chi connectivity index (χ2v) is 7.32. The summed E-state index contributed by atoms with van der Waals surface area (Å²) in [5.74, 6) is -1.35. The average Bonchev–Trinajstić information content (AvgIpc) is 3.24. The van der Waals surface area contributed by atoms with Gasteiger partial charge in [0.05, 0.1) is 12.1 Å². The van der Waals surface area contributed by atoms with E-state index in [1.54, 1.807) is 6.07 Å². The number of rotatable bonds is 4. The highest BCUT2D eigenvalue weighted by atomic mass is 16.5. The van der Waals surface area contributed by atoms with Crippen LogP contribution >= 0.6 is 0 Å². The van der Waals surface area contributed by atoms with Crippen molar-refractivity contribution >= 4 is 23.5 Å². The molecule has 148 valence electrons. The maximum absolute atomic E-state index is 13.1. The Morgan fingerprint density at radius 1 is 1.10 bits per heavy atom. The molecule has 0 aliphatic carbocycles. The molecule has 0 bridgehead atoms. The Morgan fingerprint density at radius 2 is 1.86 bits per heavy atom. The Balaban J connectivity index is 1.52. The Kier molecular flexibility index (Phi) is 4.68. The van der Waals surface area contributed by atoms with Gasteiger partial charge in [0.2, 0.25) is 5.91 Å². The SMILES string of the molecule is Cc1ccc(N2C(=O)C[C@]3(C=C(C(=O)OCc4ccccc4)NN3)C2=O)cc1C. The first-order chi connectivity index (χ1) is 13.9. The highest BCUT2D eigenvalue weighted by molar-refractivity contribution is 6.25. The fraction of sp³-hybridized carbons (Fsp3) is 0.227. The number of aryl methyl sites for hydroxylation is 2. The second kappa shape index (κ2) is 7.18. The van der Waals surface area contributed by atoms with E-state index in [-0.39, 0.29) is 24.6 Å². The van der Waals surface area contributed by atoms with E-state index in [4.69, 9.17) is 4.74 Å². The summed E-state index contributed by atoms with van der Waals surface area (Å²) >= 11 is 0. The van der Waals surface area contributed by atoms with Crippen molar-refractivity contribution in [3.05, 3.63) is 77.0 Å². The summed E-state index contributed by atoms with van der Waals surface area (Å²) in [6.45, 7) is 4.01. The van der Waals surface area contributed by atoms with E-state index in [0.29, 0.717) is 5.69 Å². The lowest BCUT2D eigenvalue weighted by molar-refractivity contribution is -0.140. The number of nitrogens with one attached hydrogen (secondary N) is 2. The lowest BCUT2D eigenvalue weighted by Crippen LogP contribution is -2.51. The van der Waals surface area contributed by atoms with Gasteiger partial charge in [-0.25, -0.2) is 15.1 Å².